The van der Waals surface area contributed by atoms with Crippen molar-refractivity contribution in [3.05, 3.63) is 11.6 Å². The molecule has 0 amide bonds. The van der Waals surface area contributed by atoms with Gasteiger partial charge in [0.05, 0.1) is 7.11 Å². The van der Waals surface area contributed by atoms with Gasteiger partial charge in [-0.2, -0.15) is 0 Å². The molecule has 1 aliphatic carbocycles. The highest BCUT2D eigenvalue weighted by Gasteiger charge is 2.27. The van der Waals surface area contributed by atoms with Crippen LogP contribution in [0, 0.1) is 11.8 Å². The van der Waals surface area contributed by atoms with Gasteiger partial charge >= 0.3 is 5.97 Å². The topological polar surface area (TPSA) is 26.3 Å². The van der Waals surface area contributed by atoms with Gasteiger partial charge in [0.25, 0.3) is 0 Å². The SMILES string of the molecule is COC(=O)C1=CCC[C@H]1C(C)C. The van der Waals surface area contributed by atoms with Gasteiger partial charge in [-0.05, 0) is 24.7 Å². The van der Waals surface area contributed by atoms with Crippen molar-refractivity contribution in [1.82, 2.24) is 0 Å². The molecule has 12 heavy (non-hydrogen) atoms. The molecule has 2 heteroatoms. The molecule has 1 rings (SSSR count). The van der Waals surface area contributed by atoms with Crippen LogP contribution in [-0.2, 0) is 9.53 Å². The van der Waals surface area contributed by atoms with Crippen molar-refractivity contribution in [3.63, 3.8) is 0 Å². The van der Waals surface area contributed by atoms with Gasteiger partial charge in [-0.25, -0.2) is 4.79 Å². The van der Waals surface area contributed by atoms with Gasteiger partial charge < -0.3 is 4.74 Å². The van der Waals surface area contributed by atoms with Gasteiger partial charge in [-0.15, -0.1) is 0 Å². The van der Waals surface area contributed by atoms with Crippen molar-refractivity contribution >= 4 is 5.97 Å². The van der Waals surface area contributed by atoms with Crippen molar-refractivity contribution in [2.75, 3.05) is 7.11 Å². The zero-order chi connectivity index (χ0) is 9.14. The van der Waals surface area contributed by atoms with Crippen LogP contribution in [0.25, 0.3) is 0 Å². The Bertz CT molecular complexity index is 204. The second kappa shape index (κ2) is 3.74. The Kier molecular flexibility index (Phi) is 2.90. The minimum atomic E-state index is -0.147. The Morgan fingerprint density at radius 3 is 2.83 bits per heavy atom. The summed E-state index contributed by atoms with van der Waals surface area (Å²) < 4.78 is 4.71. The molecule has 0 spiro atoms. The summed E-state index contributed by atoms with van der Waals surface area (Å²) in [4.78, 5) is 11.2. The second-order valence-electron chi connectivity index (χ2n) is 3.58. The first-order valence-electron chi connectivity index (χ1n) is 4.45. The maximum absolute atomic E-state index is 11.2. The van der Waals surface area contributed by atoms with Crippen molar-refractivity contribution in [3.8, 4) is 0 Å². The third-order valence-corrected chi connectivity index (χ3v) is 2.47. The molecule has 0 aromatic rings. The fourth-order valence-corrected chi connectivity index (χ4v) is 1.77. The van der Waals surface area contributed by atoms with E-state index >= 15 is 0 Å². The van der Waals surface area contributed by atoms with Crippen molar-refractivity contribution < 1.29 is 9.53 Å². The average Bonchev–Trinajstić information content (AvgIpc) is 2.50. The number of rotatable bonds is 2. The molecule has 0 heterocycles. The largest absolute Gasteiger partial charge is 0.466 e. The van der Waals surface area contributed by atoms with E-state index in [2.05, 4.69) is 13.8 Å². The first-order chi connectivity index (χ1) is 5.66. The molecule has 0 bridgehead atoms. The second-order valence-corrected chi connectivity index (χ2v) is 3.58. The van der Waals surface area contributed by atoms with Crippen LogP contribution >= 0.6 is 0 Å². The molecule has 0 fully saturated rings. The van der Waals surface area contributed by atoms with Crippen LogP contribution in [0.5, 0.6) is 0 Å². The zero-order valence-electron chi connectivity index (χ0n) is 7.96. The Balaban J connectivity index is 2.69. The fourth-order valence-electron chi connectivity index (χ4n) is 1.77. The zero-order valence-corrected chi connectivity index (χ0v) is 7.96. The van der Waals surface area contributed by atoms with E-state index in [-0.39, 0.29) is 5.97 Å². The van der Waals surface area contributed by atoms with Gasteiger partial charge in [0.1, 0.15) is 0 Å². The van der Waals surface area contributed by atoms with Crippen LogP contribution in [0.15, 0.2) is 11.6 Å². The van der Waals surface area contributed by atoms with E-state index in [9.17, 15) is 4.79 Å². The Hall–Kier alpha value is -0.790. The molecule has 1 aliphatic rings. The highest BCUT2D eigenvalue weighted by molar-refractivity contribution is 5.89. The monoisotopic (exact) mass is 168 g/mol. The van der Waals surface area contributed by atoms with E-state index < -0.39 is 0 Å². The minimum Gasteiger partial charge on any atom is -0.466 e. The first-order valence-corrected chi connectivity index (χ1v) is 4.45. The fraction of sp³-hybridized carbons (Fsp3) is 0.700. The number of ether oxygens (including phenoxy) is 1. The number of allylic oxidation sites excluding steroid dienone is 1. The highest BCUT2D eigenvalue weighted by atomic mass is 16.5. The van der Waals surface area contributed by atoms with Crippen LogP contribution in [0.4, 0.5) is 0 Å². The summed E-state index contributed by atoms with van der Waals surface area (Å²) in [6, 6.07) is 0. The molecular weight excluding hydrogens is 152 g/mol. The molecule has 0 radical (unpaired) electrons. The van der Waals surface area contributed by atoms with Crippen LogP contribution in [0.3, 0.4) is 0 Å². The number of hydrogen-bond donors (Lipinski definition) is 0. The molecule has 0 unspecified atom stereocenters. The molecule has 0 N–H and O–H groups in total. The summed E-state index contributed by atoms with van der Waals surface area (Å²) in [5.41, 5.74) is 0.882. The van der Waals surface area contributed by atoms with E-state index in [0.717, 1.165) is 18.4 Å². The molecule has 0 aliphatic heterocycles. The van der Waals surface area contributed by atoms with Crippen LogP contribution < -0.4 is 0 Å². The maximum atomic E-state index is 11.2. The van der Waals surface area contributed by atoms with Gasteiger partial charge in [0.2, 0.25) is 0 Å². The third kappa shape index (κ3) is 1.68. The van der Waals surface area contributed by atoms with Crippen LogP contribution in [0.1, 0.15) is 26.7 Å². The van der Waals surface area contributed by atoms with Gasteiger partial charge in [-0.3, -0.25) is 0 Å². The van der Waals surface area contributed by atoms with Crippen molar-refractivity contribution in [2.45, 2.75) is 26.7 Å². The number of carbonyl (C=O) groups excluding carboxylic acids is 1. The average molecular weight is 168 g/mol. The molecule has 0 saturated heterocycles. The smallest absolute Gasteiger partial charge is 0.333 e. The predicted octanol–water partition coefficient (Wildman–Crippen LogP) is 2.15. The molecule has 68 valence electrons. The maximum Gasteiger partial charge on any atom is 0.333 e. The molecule has 0 saturated carbocycles. The normalized spacial score (nSPS) is 22.7. The standard InChI is InChI=1S/C10H16O2/c1-7(2)8-5-4-6-9(8)10(11)12-3/h6-8H,4-5H2,1-3H3/t8-/m0/s1. The molecule has 2 nitrogen and oxygen atoms in total. The predicted molar refractivity (Wildman–Crippen MR) is 47.7 cm³/mol. The summed E-state index contributed by atoms with van der Waals surface area (Å²) in [6.45, 7) is 4.29. The summed E-state index contributed by atoms with van der Waals surface area (Å²) in [6.07, 6.45) is 4.13. The van der Waals surface area contributed by atoms with E-state index in [1.165, 1.54) is 7.11 Å². The highest BCUT2D eigenvalue weighted by Crippen LogP contribution is 2.32. The van der Waals surface area contributed by atoms with Crippen LogP contribution in [-0.4, -0.2) is 13.1 Å². The first kappa shape index (κ1) is 9.30. The van der Waals surface area contributed by atoms with E-state index in [4.69, 9.17) is 4.74 Å². The quantitative estimate of drug-likeness (QED) is 0.590. The number of esters is 1. The molecule has 0 aromatic carbocycles. The summed E-state index contributed by atoms with van der Waals surface area (Å²) in [5.74, 6) is 0.807. The van der Waals surface area contributed by atoms with Crippen molar-refractivity contribution in [2.24, 2.45) is 11.8 Å². The van der Waals surface area contributed by atoms with Gasteiger partial charge in [-0.1, -0.05) is 19.9 Å². The Labute approximate surface area is 73.6 Å². The van der Waals surface area contributed by atoms with Gasteiger partial charge in [0, 0.05) is 5.57 Å². The van der Waals surface area contributed by atoms with Gasteiger partial charge in [0.15, 0.2) is 0 Å². The van der Waals surface area contributed by atoms with E-state index in [1.807, 2.05) is 6.08 Å². The van der Waals surface area contributed by atoms with Crippen LogP contribution in [0.2, 0.25) is 0 Å². The number of carbonyl (C=O) groups is 1. The minimum absolute atomic E-state index is 0.147. The van der Waals surface area contributed by atoms with Crippen molar-refractivity contribution in [1.29, 1.82) is 0 Å². The Morgan fingerprint density at radius 1 is 1.67 bits per heavy atom. The lowest BCUT2D eigenvalue weighted by molar-refractivity contribution is -0.136. The summed E-state index contributed by atoms with van der Waals surface area (Å²) in [7, 11) is 1.44. The number of methoxy groups -OCH3 is 1. The molecule has 1 atom stereocenters. The third-order valence-electron chi connectivity index (χ3n) is 2.47. The lowest BCUT2D eigenvalue weighted by atomic mass is 9.90. The number of hydrogen-bond acceptors (Lipinski definition) is 2. The summed E-state index contributed by atoms with van der Waals surface area (Å²) >= 11 is 0. The lowest BCUT2D eigenvalue weighted by Gasteiger charge is -2.16. The lowest BCUT2D eigenvalue weighted by Crippen LogP contribution is -2.15. The Morgan fingerprint density at radius 2 is 2.33 bits per heavy atom. The van der Waals surface area contributed by atoms with E-state index in [0.29, 0.717) is 11.8 Å². The van der Waals surface area contributed by atoms with E-state index in [1.54, 1.807) is 0 Å². The molecular formula is C10H16O2. The molecule has 0 aromatic heterocycles. The summed E-state index contributed by atoms with van der Waals surface area (Å²) in [5, 5.41) is 0.